The van der Waals surface area contributed by atoms with E-state index in [1.54, 1.807) is 0 Å². The van der Waals surface area contributed by atoms with Crippen LogP contribution in [0.5, 0.6) is 0 Å². The lowest BCUT2D eigenvalue weighted by Crippen LogP contribution is -2.59. The van der Waals surface area contributed by atoms with Crippen molar-refractivity contribution in [2.45, 2.75) is 206 Å². The molecule has 4 N–H and O–H groups in total. The number of rotatable bonds is 37. The first kappa shape index (κ1) is 44.7. The van der Waals surface area contributed by atoms with Gasteiger partial charge in [-0.15, -0.1) is 0 Å². The van der Waals surface area contributed by atoms with Gasteiger partial charge in [0.2, 0.25) is 0 Å². The maximum absolute atomic E-state index is 13.5. The first-order chi connectivity index (χ1) is 22.6. The first-order valence-corrected chi connectivity index (χ1v) is 20.0. The Kier molecular flexibility index (Phi) is 34.0. The van der Waals surface area contributed by atoms with Crippen LogP contribution in [-0.2, 0) is 9.59 Å². The minimum Gasteiger partial charge on any atom is -0.395 e. The molecule has 0 aliphatic heterocycles. The van der Waals surface area contributed by atoms with Gasteiger partial charge in [0.25, 0.3) is 0 Å². The van der Waals surface area contributed by atoms with Gasteiger partial charge in [-0.1, -0.05) is 141 Å². The van der Waals surface area contributed by atoms with Crippen LogP contribution in [0.4, 0.5) is 0 Å². The molecule has 46 heavy (non-hydrogen) atoms. The van der Waals surface area contributed by atoms with Gasteiger partial charge < -0.3 is 10.8 Å². The molecule has 0 saturated heterocycles. The second-order valence-corrected chi connectivity index (χ2v) is 13.6. The standard InChI is InChI=1S/C41H78N2O3/c1-3-5-7-9-11-13-15-17-19-21-23-25-27-29-31-33-39(45)41(35-36-42,43-37-38-44)40(46)34-32-30-28-26-24-22-20-18-16-14-12-10-8-6-4-2/h17-20,43-44H,3-16,21-38,42H2,1-2H3/b19-17-,20-18-. The van der Waals surface area contributed by atoms with E-state index in [1.807, 2.05) is 0 Å². The fourth-order valence-electron chi connectivity index (χ4n) is 6.35. The lowest BCUT2D eigenvalue weighted by atomic mass is 9.81. The molecular weight excluding hydrogens is 568 g/mol. The summed E-state index contributed by atoms with van der Waals surface area (Å²) in [5.74, 6) is -0.0800. The summed E-state index contributed by atoms with van der Waals surface area (Å²) in [4.78, 5) is 26.9. The molecular formula is C41H78N2O3. The number of ketones is 2. The summed E-state index contributed by atoms with van der Waals surface area (Å²) in [6.07, 6.45) is 42.0. The minimum absolute atomic E-state index is 0.0400. The zero-order chi connectivity index (χ0) is 33.8. The summed E-state index contributed by atoms with van der Waals surface area (Å²) in [6.45, 7) is 4.93. The molecule has 0 rings (SSSR count). The van der Waals surface area contributed by atoms with E-state index in [2.05, 4.69) is 43.5 Å². The van der Waals surface area contributed by atoms with Crippen molar-refractivity contribution in [3.63, 3.8) is 0 Å². The van der Waals surface area contributed by atoms with E-state index in [4.69, 9.17) is 5.73 Å². The summed E-state index contributed by atoms with van der Waals surface area (Å²) in [7, 11) is 0. The summed E-state index contributed by atoms with van der Waals surface area (Å²) in [5.41, 5.74) is 4.68. The molecule has 0 aromatic rings. The highest BCUT2D eigenvalue weighted by Gasteiger charge is 2.42. The summed E-state index contributed by atoms with van der Waals surface area (Å²) < 4.78 is 0. The number of nitrogens with two attached hydrogens (primary N) is 1. The van der Waals surface area contributed by atoms with Gasteiger partial charge in [0.05, 0.1) is 6.61 Å². The highest BCUT2D eigenvalue weighted by atomic mass is 16.3. The number of carbonyl (C=O) groups excluding carboxylic acids is 2. The Balaban J connectivity index is 4.23. The Hall–Kier alpha value is -1.30. The van der Waals surface area contributed by atoms with Gasteiger partial charge in [0, 0.05) is 19.4 Å². The Labute approximate surface area is 286 Å². The number of carbonyl (C=O) groups is 2. The molecule has 0 amide bonds. The predicted octanol–water partition coefficient (Wildman–Crippen LogP) is 10.9. The van der Waals surface area contributed by atoms with Gasteiger partial charge in [0.1, 0.15) is 5.54 Å². The number of hydrogen-bond acceptors (Lipinski definition) is 5. The number of Topliss-reactive ketones (excluding diaryl/α,β-unsaturated/α-hetero) is 2. The maximum Gasteiger partial charge on any atom is 0.160 e. The predicted molar refractivity (Wildman–Crippen MR) is 200 cm³/mol. The van der Waals surface area contributed by atoms with E-state index in [9.17, 15) is 14.7 Å². The number of β-amino-alcohol motifs (C(OH)–C–C–N with tert-alkyl or cyclic N) is 1. The number of unbranched alkanes of at least 4 members (excludes halogenated alkanes) is 22. The Bertz CT molecular complexity index is 681. The molecule has 0 aromatic carbocycles. The monoisotopic (exact) mass is 647 g/mol. The van der Waals surface area contributed by atoms with Crippen LogP contribution in [0.15, 0.2) is 24.3 Å². The van der Waals surface area contributed by atoms with Crippen LogP contribution in [-0.4, -0.2) is 41.9 Å². The van der Waals surface area contributed by atoms with Crippen LogP contribution < -0.4 is 11.1 Å². The molecule has 0 radical (unpaired) electrons. The third-order valence-corrected chi connectivity index (χ3v) is 9.34. The van der Waals surface area contributed by atoms with Crippen LogP contribution >= 0.6 is 0 Å². The van der Waals surface area contributed by atoms with Gasteiger partial charge in [-0.05, 0) is 77.2 Å². The number of nitrogens with one attached hydrogen (secondary N) is 1. The molecule has 5 nitrogen and oxygen atoms in total. The number of aliphatic hydroxyl groups excluding tert-OH is 1. The van der Waals surface area contributed by atoms with Crippen LogP contribution in [0.1, 0.15) is 200 Å². The van der Waals surface area contributed by atoms with E-state index >= 15 is 0 Å². The Morgan fingerprint density at radius 1 is 0.543 bits per heavy atom. The van der Waals surface area contributed by atoms with Gasteiger partial charge in [-0.2, -0.15) is 0 Å². The molecule has 0 atom stereocenters. The van der Waals surface area contributed by atoms with Crippen molar-refractivity contribution in [2.75, 3.05) is 19.7 Å². The summed E-state index contributed by atoms with van der Waals surface area (Å²) in [6, 6.07) is 0. The second kappa shape index (κ2) is 35.0. The topological polar surface area (TPSA) is 92.4 Å². The molecule has 0 spiro atoms. The second-order valence-electron chi connectivity index (χ2n) is 13.6. The molecule has 5 heteroatoms. The van der Waals surface area contributed by atoms with E-state index in [0.717, 1.165) is 51.4 Å². The summed E-state index contributed by atoms with van der Waals surface area (Å²) >= 11 is 0. The van der Waals surface area contributed by atoms with Crippen molar-refractivity contribution in [2.24, 2.45) is 5.73 Å². The van der Waals surface area contributed by atoms with Crippen molar-refractivity contribution in [1.29, 1.82) is 0 Å². The highest BCUT2D eigenvalue weighted by molar-refractivity contribution is 6.11. The van der Waals surface area contributed by atoms with E-state index < -0.39 is 5.54 Å². The van der Waals surface area contributed by atoms with Gasteiger partial charge >= 0.3 is 0 Å². The van der Waals surface area contributed by atoms with Gasteiger partial charge in [-0.25, -0.2) is 0 Å². The third-order valence-electron chi connectivity index (χ3n) is 9.34. The zero-order valence-corrected chi connectivity index (χ0v) is 30.8. The molecule has 0 aliphatic carbocycles. The molecule has 0 aromatic heterocycles. The first-order valence-electron chi connectivity index (χ1n) is 20.0. The number of aliphatic hydroxyl groups is 1. The highest BCUT2D eigenvalue weighted by Crippen LogP contribution is 2.22. The van der Waals surface area contributed by atoms with Crippen LogP contribution in [0, 0.1) is 0 Å². The van der Waals surface area contributed by atoms with Crippen molar-refractivity contribution in [3.8, 4) is 0 Å². The number of allylic oxidation sites excluding steroid dienone is 4. The quantitative estimate of drug-likeness (QED) is 0.0355. The largest absolute Gasteiger partial charge is 0.395 e. The number of hydrogen-bond donors (Lipinski definition) is 3. The van der Waals surface area contributed by atoms with Crippen LogP contribution in [0.3, 0.4) is 0 Å². The molecule has 0 aliphatic rings. The zero-order valence-electron chi connectivity index (χ0n) is 30.8. The molecule has 270 valence electrons. The van der Waals surface area contributed by atoms with Crippen LogP contribution in [0.2, 0.25) is 0 Å². The van der Waals surface area contributed by atoms with Crippen molar-refractivity contribution >= 4 is 11.6 Å². The summed E-state index contributed by atoms with van der Waals surface area (Å²) in [5, 5.41) is 12.6. The molecule has 0 fully saturated rings. The van der Waals surface area contributed by atoms with Crippen molar-refractivity contribution < 1.29 is 14.7 Å². The molecule has 0 heterocycles. The lowest BCUT2D eigenvalue weighted by molar-refractivity contribution is -0.137. The molecule has 0 saturated carbocycles. The SMILES string of the molecule is CCCCCCCC/C=C\CCCCCCCC(=O)C(CCN)(NCCO)C(=O)CCCCCCC/C=C\CCCCCCCC. The fraction of sp³-hybridized carbons (Fsp3) is 0.854. The van der Waals surface area contributed by atoms with Crippen molar-refractivity contribution in [3.05, 3.63) is 24.3 Å². The average Bonchev–Trinajstić information content (AvgIpc) is 3.06. The minimum atomic E-state index is -1.24. The smallest absolute Gasteiger partial charge is 0.160 e. The van der Waals surface area contributed by atoms with Crippen molar-refractivity contribution in [1.82, 2.24) is 5.32 Å². The normalized spacial score (nSPS) is 12.2. The van der Waals surface area contributed by atoms with Crippen LogP contribution in [0.25, 0.3) is 0 Å². The average molecular weight is 647 g/mol. The third kappa shape index (κ3) is 25.7. The van der Waals surface area contributed by atoms with E-state index in [0.29, 0.717) is 19.3 Å². The maximum atomic E-state index is 13.5. The fourth-order valence-corrected chi connectivity index (χ4v) is 6.35. The van der Waals surface area contributed by atoms with E-state index in [-0.39, 0.29) is 31.3 Å². The van der Waals surface area contributed by atoms with Gasteiger partial charge in [-0.3, -0.25) is 14.9 Å². The molecule has 0 bridgehead atoms. The lowest BCUT2D eigenvalue weighted by Gasteiger charge is -2.32. The molecule has 0 unspecified atom stereocenters. The van der Waals surface area contributed by atoms with E-state index in [1.165, 1.54) is 116 Å². The van der Waals surface area contributed by atoms with Gasteiger partial charge in [0.15, 0.2) is 11.6 Å². The Morgan fingerprint density at radius 2 is 0.870 bits per heavy atom. The Morgan fingerprint density at radius 3 is 1.20 bits per heavy atom.